The van der Waals surface area contributed by atoms with Crippen LogP contribution in [0.25, 0.3) is 0 Å². The van der Waals surface area contributed by atoms with Crippen LogP contribution in [0.2, 0.25) is 0 Å². The number of allylic oxidation sites excluding steroid dienone is 1. The van der Waals surface area contributed by atoms with Crippen molar-refractivity contribution >= 4 is 18.0 Å². The minimum Gasteiger partial charge on any atom is -0.459 e. The third kappa shape index (κ3) is 9.69. The molecule has 1 aromatic heterocycles. The van der Waals surface area contributed by atoms with Gasteiger partial charge in [-0.2, -0.15) is 9.97 Å². The summed E-state index contributed by atoms with van der Waals surface area (Å²) in [7, 11) is 4.01. The smallest absolute Gasteiger partial charge is 0.410 e. The number of ether oxygens (including phenoxy) is 3. The fraction of sp³-hybridized carbons (Fsp3) is 0.543. The van der Waals surface area contributed by atoms with Gasteiger partial charge in [-0.1, -0.05) is 42.5 Å². The number of amides is 2. The van der Waals surface area contributed by atoms with E-state index in [2.05, 4.69) is 23.0 Å². The Morgan fingerprint density at radius 2 is 1.80 bits per heavy atom. The minimum atomic E-state index is -0.604. The van der Waals surface area contributed by atoms with Crippen molar-refractivity contribution in [3.05, 3.63) is 72.5 Å². The van der Waals surface area contributed by atoms with Crippen molar-refractivity contribution in [3.63, 3.8) is 0 Å². The van der Waals surface area contributed by atoms with E-state index in [0.717, 1.165) is 35.5 Å². The lowest BCUT2D eigenvalue weighted by Crippen LogP contribution is -2.55. The first-order chi connectivity index (χ1) is 22.0. The molecule has 250 valence electrons. The van der Waals surface area contributed by atoms with Crippen LogP contribution in [-0.2, 0) is 29.0 Å². The molecule has 4 rings (SSSR count). The van der Waals surface area contributed by atoms with E-state index in [1.807, 2.05) is 77.4 Å². The number of hydrogen-bond acceptors (Lipinski definition) is 9. The van der Waals surface area contributed by atoms with E-state index in [0.29, 0.717) is 52.1 Å². The molecule has 2 aliphatic heterocycles. The molecule has 2 aliphatic rings. The number of aromatic nitrogens is 2. The number of piperazine rings is 1. The fourth-order valence-corrected chi connectivity index (χ4v) is 5.71. The largest absolute Gasteiger partial charge is 0.459 e. The van der Waals surface area contributed by atoms with Crippen molar-refractivity contribution in [2.24, 2.45) is 0 Å². The van der Waals surface area contributed by atoms with Crippen LogP contribution >= 0.6 is 0 Å². The molecule has 0 spiro atoms. The van der Waals surface area contributed by atoms with Gasteiger partial charge < -0.3 is 33.8 Å². The number of likely N-dealkylation sites (N-methyl/N-ethyl adjacent to an activating group) is 1. The standard InChI is InChI=1S/C35H50N6O5/c1-8-10-17-28(23-38(6)7)45-32-36-30-24-39(34(43)46-35(3,4)5)19-18-29(30)31(37-32)41-21-20-40(22-27(41)14-9-2)33(42)44-25-26-15-12-11-13-16-26/h8-9,11-13,15-16,27-28H,1-2,10,14,17-25H2,3-7H3. The number of anilines is 1. The molecular weight excluding hydrogens is 584 g/mol. The Labute approximate surface area is 273 Å². The second kappa shape index (κ2) is 15.9. The highest BCUT2D eigenvalue weighted by Gasteiger charge is 2.35. The maximum absolute atomic E-state index is 13.1. The van der Waals surface area contributed by atoms with Gasteiger partial charge in [0.05, 0.1) is 18.3 Å². The molecule has 2 amide bonds. The molecule has 2 aromatic rings. The average molecular weight is 635 g/mol. The van der Waals surface area contributed by atoms with Gasteiger partial charge in [-0.25, -0.2) is 9.59 Å². The van der Waals surface area contributed by atoms with Gasteiger partial charge in [0.15, 0.2) is 0 Å². The van der Waals surface area contributed by atoms with Crippen molar-refractivity contribution in [3.8, 4) is 6.01 Å². The van der Waals surface area contributed by atoms with Crippen molar-refractivity contribution in [2.45, 2.75) is 77.4 Å². The fourth-order valence-electron chi connectivity index (χ4n) is 5.71. The Morgan fingerprint density at radius 3 is 2.48 bits per heavy atom. The van der Waals surface area contributed by atoms with E-state index in [9.17, 15) is 9.59 Å². The number of nitrogens with zero attached hydrogens (tertiary/aromatic N) is 6. The Morgan fingerprint density at radius 1 is 1.04 bits per heavy atom. The van der Waals surface area contributed by atoms with E-state index in [4.69, 9.17) is 24.2 Å². The van der Waals surface area contributed by atoms with E-state index in [1.54, 1.807) is 9.80 Å². The van der Waals surface area contributed by atoms with Crippen LogP contribution in [0.15, 0.2) is 55.6 Å². The van der Waals surface area contributed by atoms with Gasteiger partial charge in [-0.05, 0) is 66.1 Å². The predicted molar refractivity (Wildman–Crippen MR) is 179 cm³/mol. The summed E-state index contributed by atoms with van der Waals surface area (Å²) in [6, 6.07) is 9.87. The third-order valence-corrected chi connectivity index (χ3v) is 7.86. The molecule has 0 radical (unpaired) electrons. The van der Waals surface area contributed by atoms with Gasteiger partial charge in [0.25, 0.3) is 0 Å². The van der Waals surface area contributed by atoms with Crippen molar-refractivity contribution < 1.29 is 23.8 Å². The summed E-state index contributed by atoms with van der Waals surface area (Å²) in [6.07, 6.45) is 5.67. The first-order valence-electron chi connectivity index (χ1n) is 16.1. The maximum Gasteiger partial charge on any atom is 0.410 e. The van der Waals surface area contributed by atoms with E-state index >= 15 is 0 Å². The summed E-state index contributed by atoms with van der Waals surface area (Å²) in [5.74, 6) is 0.778. The molecule has 1 fully saturated rings. The van der Waals surface area contributed by atoms with E-state index in [1.165, 1.54) is 0 Å². The van der Waals surface area contributed by atoms with Gasteiger partial charge in [-0.15, -0.1) is 13.2 Å². The number of rotatable bonds is 12. The summed E-state index contributed by atoms with van der Waals surface area (Å²) >= 11 is 0. The number of carbonyl (C=O) groups excluding carboxylic acids is 2. The molecule has 2 unspecified atom stereocenters. The summed E-state index contributed by atoms with van der Waals surface area (Å²) in [5.41, 5.74) is 2.06. The number of hydrogen-bond donors (Lipinski definition) is 0. The predicted octanol–water partition coefficient (Wildman–Crippen LogP) is 5.45. The molecule has 1 aromatic carbocycles. The van der Waals surface area contributed by atoms with Gasteiger partial charge in [0, 0.05) is 38.3 Å². The summed E-state index contributed by atoms with van der Waals surface area (Å²) in [6.45, 7) is 16.6. The van der Waals surface area contributed by atoms with Crippen molar-refractivity contribution in [2.75, 3.05) is 51.7 Å². The highest BCUT2D eigenvalue weighted by atomic mass is 16.6. The van der Waals surface area contributed by atoms with Crippen molar-refractivity contribution in [1.82, 2.24) is 24.7 Å². The Kier molecular flexibility index (Phi) is 12.0. The number of carbonyl (C=O) groups is 2. The molecule has 3 heterocycles. The van der Waals surface area contributed by atoms with Crippen LogP contribution in [0, 0.1) is 0 Å². The molecular formula is C35H50N6O5. The second-order valence-electron chi connectivity index (χ2n) is 13.1. The highest BCUT2D eigenvalue weighted by Crippen LogP contribution is 2.33. The Hall–Kier alpha value is -4.12. The molecule has 0 bridgehead atoms. The van der Waals surface area contributed by atoms with Gasteiger partial charge in [0.2, 0.25) is 0 Å². The SMILES string of the molecule is C=CCCC(CN(C)C)Oc1nc2c(c(N3CCN(C(=O)OCc4ccccc4)CC3CC=C)n1)CCN(C(=O)OC(C)(C)C)C2. The van der Waals surface area contributed by atoms with Crippen LogP contribution in [0.5, 0.6) is 6.01 Å². The third-order valence-electron chi connectivity index (χ3n) is 7.86. The summed E-state index contributed by atoms with van der Waals surface area (Å²) in [5, 5.41) is 0. The molecule has 11 heteroatoms. The molecule has 0 aliphatic carbocycles. The summed E-state index contributed by atoms with van der Waals surface area (Å²) in [4.78, 5) is 43.8. The van der Waals surface area contributed by atoms with Gasteiger partial charge in [-0.3, -0.25) is 0 Å². The van der Waals surface area contributed by atoms with Crippen LogP contribution in [0.1, 0.15) is 56.9 Å². The monoisotopic (exact) mass is 634 g/mol. The van der Waals surface area contributed by atoms with Crippen LogP contribution in [0.4, 0.5) is 15.4 Å². The van der Waals surface area contributed by atoms with Gasteiger partial charge >= 0.3 is 18.2 Å². The first-order valence-corrected chi connectivity index (χ1v) is 16.1. The topological polar surface area (TPSA) is 101 Å². The Balaban J connectivity index is 1.61. The van der Waals surface area contributed by atoms with E-state index < -0.39 is 5.60 Å². The molecule has 0 N–H and O–H groups in total. The van der Waals surface area contributed by atoms with Crippen LogP contribution < -0.4 is 9.64 Å². The van der Waals surface area contributed by atoms with Crippen LogP contribution in [0.3, 0.4) is 0 Å². The zero-order valence-electron chi connectivity index (χ0n) is 28.1. The minimum absolute atomic E-state index is 0.0791. The lowest BCUT2D eigenvalue weighted by molar-refractivity contribution is 0.0219. The van der Waals surface area contributed by atoms with Gasteiger partial charge in [0.1, 0.15) is 24.1 Å². The average Bonchev–Trinajstić information content (AvgIpc) is 3.01. The number of fused-ring (bicyclic) bond motifs is 1. The molecule has 0 saturated carbocycles. The maximum atomic E-state index is 13.1. The lowest BCUT2D eigenvalue weighted by Gasteiger charge is -2.43. The first kappa shape index (κ1) is 34.7. The Bertz CT molecular complexity index is 1340. The quantitative estimate of drug-likeness (QED) is 0.282. The normalized spacial score (nSPS) is 17.3. The van der Waals surface area contributed by atoms with E-state index in [-0.39, 0.29) is 36.9 Å². The molecule has 46 heavy (non-hydrogen) atoms. The molecule has 2 atom stereocenters. The zero-order valence-corrected chi connectivity index (χ0v) is 28.1. The number of benzene rings is 1. The summed E-state index contributed by atoms with van der Waals surface area (Å²) < 4.78 is 17.8. The molecule has 1 saturated heterocycles. The lowest BCUT2D eigenvalue weighted by atomic mass is 10.0. The second-order valence-corrected chi connectivity index (χ2v) is 13.1. The van der Waals surface area contributed by atoms with Crippen molar-refractivity contribution in [1.29, 1.82) is 0 Å². The molecule has 11 nitrogen and oxygen atoms in total. The highest BCUT2D eigenvalue weighted by molar-refractivity contribution is 5.70. The van der Waals surface area contributed by atoms with Crippen LogP contribution in [-0.4, -0.2) is 101 Å². The zero-order chi connectivity index (χ0) is 33.3.